The van der Waals surface area contributed by atoms with Gasteiger partial charge >= 0.3 is 0 Å². The zero-order valence-electron chi connectivity index (χ0n) is 15.9. The number of fused-ring (bicyclic) bond motifs is 3. The van der Waals surface area contributed by atoms with E-state index in [1.54, 1.807) is 19.4 Å². The van der Waals surface area contributed by atoms with Gasteiger partial charge in [0, 0.05) is 24.2 Å². The molecule has 0 aliphatic carbocycles. The number of nitrogens with one attached hydrogen (secondary N) is 2. The number of ether oxygens (including phenoxy) is 2. The van der Waals surface area contributed by atoms with Crippen LogP contribution in [0.25, 0.3) is 21.8 Å². The fourth-order valence-electron chi connectivity index (χ4n) is 3.76. The van der Waals surface area contributed by atoms with Crippen molar-refractivity contribution >= 4 is 39.0 Å². The van der Waals surface area contributed by atoms with Crippen molar-refractivity contribution < 1.29 is 13.9 Å². The highest BCUT2D eigenvalue weighted by atomic mass is 19.1. The molecule has 2 aromatic heterocycles. The fraction of sp³-hybridized carbons (Fsp3) is 0.238. The predicted octanol–water partition coefficient (Wildman–Crippen LogP) is 3.84. The Bertz CT molecular complexity index is 1190. The van der Waals surface area contributed by atoms with Crippen LogP contribution in [0, 0.1) is 5.82 Å². The summed E-state index contributed by atoms with van der Waals surface area (Å²) in [5.74, 6) is 1.03. The van der Waals surface area contributed by atoms with Gasteiger partial charge in [0.15, 0.2) is 5.82 Å². The zero-order chi connectivity index (χ0) is 19.8. The monoisotopic (exact) mass is 393 g/mol. The van der Waals surface area contributed by atoms with E-state index >= 15 is 0 Å². The molecule has 2 aromatic carbocycles. The molecule has 1 saturated heterocycles. The third-order valence-electron chi connectivity index (χ3n) is 5.16. The van der Waals surface area contributed by atoms with Gasteiger partial charge in [-0.3, -0.25) is 5.10 Å². The third-order valence-corrected chi connectivity index (χ3v) is 5.16. The number of H-pyrrole nitrogens is 1. The molecule has 8 heteroatoms. The van der Waals surface area contributed by atoms with Crippen LogP contribution in [-0.2, 0) is 4.74 Å². The average molecular weight is 393 g/mol. The zero-order valence-corrected chi connectivity index (χ0v) is 15.9. The Balaban J connectivity index is 1.53. The van der Waals surface area contributed by atoms with E-state index in [2.05, 4.69) is 15.5 Å². The second kappa shape index (κ2) is 7.21. The standard InChI is InChI=1S/C21H20FN5O2/c1-28-18-4-2-3-16-19(18)14-12-23-26-20(14)21(25-16)24-13-5-6-17(15(22)11-13)27-7-9-29-10-8-27/h2-6,11-12H,7-10H2,1H3,(H,23,26)(H,24,25). The van der Waals surface area contributed by atoms with Crippen LogP contribution in [0.2, 0.25) is 0 Å². The first-order valence-corrected chi connectivity index (χ1v) is 9.43. The van der Waals surface area contributed by atoms with Crippen molar-refractivity contribution in [1.82, 2.24) is 15.2 Å². The van der Waals surface area contributed by atoms with Gasteiger partial charge in [0.2, 0.25) is 0 Å². The number of rotatable bonds is 4. The Kier molecular flexibility index (Phi) is 4.40. The van der Waals surface area contributed by atoms with E-state index in [1.807, 2.05) is 29.2 Å². The van der Waals surface area contributed by atoms with Gasteiger partial charge in [-0.25, -0.2) is 9.37 Å². The molecule has 0 unspecified atom stereocenters. The Morgan fingerprint density at radius 2 is 2.07 bits per heavy atom. The van der Waals surface area contributed by atoms with Gasteiger partial charge in [0.25, 0.3) is 0 Å². The minimum atomic E-state index is -0.278. The summed E-state index contributed by atoms with van der Waals surface area (Å²) in [6, 6.07) is 10.8. The molecule has 5 rings (SSSR count). The van der Waals surface area contributed by atoms with Gasteiger partial charge in [-0.2, -0.15) is 5.10 Å². The lowest BCUT2D eigenvalue weighted by atomic mass is 10.1. The highest BCUT2D eigenvalue weighted by molar-refractivity contribution is 6.11. The normalized spacial score (nSPS) is 14.5. The maximum atomic E-state index is 14.8. The highest BCUT2D eigenvalue weighted by Crippen LogP contribution is 2.35. The Hall–Kier alpha value is -3.39. The summed E-state index contributed by atoms with van der Waals surface area (Å²) in [6.45, 7) is 2.60. The van der Waals surface area contributed by atoms with Crippen LogP contribution >= 0.6 is 0 Å². The van der Waals surface area contributed by atoms with Crippen molar-refractivity contribution in [3.63, 3.8) is 0 Å². The van der Waals surface area contributed by atoms with Crippen LogP contribution < -0.4 is 15.0 Å². The first kappa shape index (κ1) is 17.7. The lowest BCUT2D eigenvalue weighted by molar-refractivity contribution is 0.122. The number of halogens is 1. The van der Waals surface area contributed by atoms with Crippen molar-refractivity contribution in [1.29, 1.82) is 0 Å². The number of hydrogen-bond donors (Lipinski definition) is 2. The lowest BCUT2D eigenvalue weighted by Gasteiger charge is -2.29. The first-order valence-electron chi connectivity index (χ1n) is 9.43. The number of aromatic amines is 1. The molecule has 0 bridgehead atoms. The number of aromatic nitrogens is 3. The molecule has 7 nitrogen and oxygen atoms in total. The molecule has 148 valence electrons. The minimum Gasteiger partial charge on any atom is -0.496 e. The van der Waals surface area contributed by atoms with E-state index in [1.165, 1.54) is 6.07 Å². The quantitative estimate of drug-likeness (QED) is 0.549. The first-order chi connectivity index (χ1) is 14.2. The molecule has 2 N–H and O–H groups in total. The summed E-state index contributed by atoms with van der Waals surface area (Å²) in [6.07, 6.45) is 1.75. The van der Waals surface area contributed by atoms with Crippen LogP contribution in [0.1, 0.15) is 0 Å². The second-order valence-electron chi connectivity index (χ2n) is 6.86. The largest absolute Gasteiger partial charge is 0.496 e. The molecular weight excluding hydrogens is 373 g/mol. The second-order valence-corrected chi connectivity index (χ2v) is 6.86. The number of pyridine rings is 1. The number of hydrogen-bond acceptors (Lipinski definition) is 6. The summed E-state index contributed by atoms with van der Waals surface area (Å²) in [5, 5.41) is 12.2. The van der Waals surface area contributed by atoms with Crippen molar-refractivity contribution in [3.05, 3.63) is 48.4 Å². The van der Waals surface area contributed by atoms with Crippen molar-refractivity contribution in [2.75, 3.05) is 43.6 Å². The van der Waals surface area contributed by atoms with Gasteiger partial charge in [-0.1, -0.05) is 6.07 Å². The summed E-state index contributed by atoms with van der Waals surface area (Å²) >= 11 is 0. The van der Waals surface area contributed by atoms with Crippen LogP contribution in [0.4, 0.5) is 21.6 Å². The summed E-state index contributed by atoms with van der Waals surface area (Å²) in [7, 11) is 1.63. The molecule has 0 spiro atoms. The molecule has 0 atom stereocenters. The number of methoxy groups -OCH3 is 1. The van der Waals surface area contributed by atoms with Crippen molar-refractivity contribution in [2.24, 2.45) is 0 Å². The molecule has 29 heavy (non-hydrogen) atoms. The number of benzene rings is 2. The SMILES string of the molecule is COc1cccc2nc(Nc3ccc(N4CCOCC4)c(F)c3)c3[nH]ncc3c12. The Morgan fingerprint density at radius 3 is 2.86 bits per heavy atom. The van der Waals surface area contributed by atoms with E-state index in [4.69, 9.17) is 14.5 Å². The smallest absolute Gasteiger partial charge is 0.157 e. The summed E-state index contributed by atoms with van der Waals surface area (Å²) < 4.78 is 25.6. The molecule has 0 saturated carbocycles. The molecule has 1 aliphatic heterocycles. The van der Waals surface area contributed by atoms with Gasteiger partial charge in [0.1, 0.15) is 17.1 Å². The summed E-state index contributed by atoms with van der Waals surface area (Å²) in [4.78, 5) is 6.71. The van der Waals surface area contributed by atoms with Gasteiger partial charge < -0.3 is 19.7 Å². The lowest BCUT2D eigenvalue weighted by Crippen LogP contribution is -2.36. The number of nitrogens with zero attached hydrogens (tertiary/aromatic N) is 3. The van der Waals surface area contributed by atoms with Gasteiger partial charge in [0.05, 0.1) is 43.1 Å². The predicted molar refractivity (Wildman–Crippen MR) is 111 cm³/mol. The topological polar surface area (TPSA) is 75.3 Å². The maximum absolute atomic E-state index is 14.8. The van der Waals surface area contributed by atoms with Crippen LogP contribution in [-0.4, -0.2) is 48.6 Å². The minimum absolute atomic E-state index is 0.278. The number of anilines is 3. The van der Waals surface area contributed by atoms with Crippen molar-refractivity contribution in [2.45, 2.75) is 0 Å². The Labute approximate surface area is 166 Å². The fourth-order valence-corrected chi connectivity index (χ4v) is 3.76. The molecule has 4 aromatic rings. The van der Waals surface area contributed by atoms with Crippen LogP contribution in [0.3, 0.4) is 0 Å². The van der Waals surface area contributed by atoms with Gasteiger partial charge in [-0.05, 0) is 30.3 Å². The average Bonchev–Trinajstić information content (AvgIpc) is 3.24. The summed E-state index contributed by atoms with van der Waals surface area (Å²) in [5.41, 5.74) is 2.71. The van der Waals surface area contributed by atoms with Crippen LogP contribution in [0.15, 0.2) is 42.6 Å². The van der Waals surface area contributed by atoms with Crippen molar-refractivity contribution in [3.8, 4) is 5.75 Å². The van der Waals surface area contributed by atoms with E-state index < -0.39 is 0 Å². The molecule has 1 aliphatic rings. The molecule has 1 fully saturated rings. The molecule has 0 radical (unpaired) electrons. The maximum Gasteiger partial charge on any atom is 0.157 e. The highest BCUT2D eigenvalue weighted by Gasteiger charge is 2.17. The van der Waals surface area contributed by atoms with E-state index in [-0.39, 0.29) is 5.82 Å². The Morgan fingerprint density at radius 1 is 1.21 bits per heavy atom. The third kappa shape index (κ3) is 3.11. The van der Waals surface area contributed by atoms with E-state index in [0.29, 0.717) is 43.5 Å². The van der Waals surface area contributed by atoms with E-state index in [0.717, 1.165) is 27.6 Å². The number of morpholine rings is 1. The van der Waals surface area contributed by atoms with Crippen LogP contribution in [0.5, 0.6) is 5.75 Å². The van der Waals surface area contributed by atoms with Gasteiger partial charge in [-0.15, -0.1) is 0 Å². The van der Waals surface area contributed by atoms with E-state index in [9.17, 15) is 4.39 Å². The molecule has 3 heterocycles. The molecule has 0 amide bonds. The molecular formula is C21H20FN5O2.